The van der Waals surface area contributed by atoms with Crippen LogP contribution in [0.3, 0.4) is 0 Å². The Bertz CT molecular complexity index is 165. The highest BCUT2D eigenvalue weighted by atomic mass is 14.6. The fourth-order valence-corrected chi connectivity index (χ4v) is 3.61. The zero-order chi connectivity index (χ0) is 8.77. The monoisotopic (exact) mass is 166 g/mol. The minimum atomic E-state index is 0.865. The average Bonchev–Trinajstić information content (AvgIpc) is 2.64. The van der Waals surface area contributed by atoms with Crippen molar-refractivity contribution < 1.29 is 0 Å². The lowest BCUT2D eigenvalue weighted by atomic mass is 9.79. The van der Waals surface area contributed by atoms with Crippen molar-refractivity contribution in [1.82, 2.24) is 0 Å². The Morgan fingerprint density at radius 2 is 1.92 bits per heavy atom. The van der Waals surface area contributed by atoms with Gasteiger partial charge in [-0.1, -0.05) is 27.2 Å². The summed E-state index contributed by atoms with van der Waals surface area (Å²) in [6, 6.07) is 0. The molecule has 2 aliphatic rings. The van der Waals surface area contributed by atoms with Crippen molar-refractivity contribution in [1.29, 1.82) is 0 Å². The summed E-state index contributed by atoms with van der Waals surface area (Å²) < 4.78 is 0. The molecule has 0 aromatic heterocycles. The van der Waals surface area contributed by atoms with Crippen LogP contribution in [0.25, 0.3) is 0 Å². The topological polar surface area (TPSA) is 0 Å². The van der Waals surface area contributed by atoms with Crippen molar-refractivity contribution in [3.8, 4) is 0 Å². The Hall–Kier alpha value is 0. The van der Waals surface area contributed by atoms with Gasteiger partial charge >= 0.3 is 0 Å². The van der Waals surface area contributed by atoms with Crippen LogP contribution in [0.1, 0.15) is 52.9 Å². The highest BCUT2D eigenvalue weighted by Gasteiger charge is 2.55. The Labute approximate surface area is 76.7 Å². The van der Waals surface area contributed by atoms with Crippen LogP contribution in [0.5, 0.6) is 0 Å². The third kappa shape index (κ3) is 1.11. The van der Waals surface area contributed by atoms with E-state index in [2.05, 4.69) is 20.8 Å². The van der Waals surface area contributed by atoms with Gasteiger partial charge < -0.3 is 0 Å². The third-order valence-electron chi connectivity index (χ3n) is 4.47. The molecule has 2 rings (SSSR count). The van der Waals surface area contributed by atoms with Gasteiger partial charge in [-0.05, 0) is 48.9 Å². The Kier molecular flexibility index (Phi) is 1.97. The van der Waals surface area contributed by atoms with E-state index < -0.39 is 0 Å². The fourth-order valence-electron chi connectivity index (χ4n) is 3.61. The van der Waals surface area contributed by atoms with Crippen molar-refractivity contribution in [3.63, 3.8) is 0 Å². The van der Waals surface area contributed by atoms with Crippen LogP contribution in [0.15, 0.2) is 0 Å². The van der Waals surface area contributed by atoms with Crippen LogP contribution in [0, 0.1) is 23.2 Å². The van der Waals surface area contributed by atoms with E-state index in [1.54, 1.807) is 19.3 Å². The van der Waals surface area contributed by atoms with Crippen molar-refractivity contribution in [2.45, 2.75) is 52.9 Å². The lowest BCUT2D eigenvalue weighted by Gasteiger charge is -2.26. The summed E-state index contributed by atoms with van der Waals surface area (Å²) in [4.78, 5) is 0. The molecule has 0 aromatic carbocycles. The largest absolute Gasteiger partial charge is 0.0651 e. The van der Waals surface area contributed by atoms with Crippen LogP contribution < -0.4 is 0 Å². The second-order valence-corrected chi connectivity index (χ2v) is 5.32. The molecular formula is C12H22. The van der Waals surface area contributed by atoms with Gasteiger partial charge in [0.2, 0.25) is 0 Å². The highest BCUT2D eigenvalue weighted by molar-refractivity contribution is 5.05. The van der Waals surface area contributed by atoms with Gasteiger partial charge in [0.25, 0.3) is 0 Å². The van der Waals surface area contributed by atoms with Crippen molar-refractivity contribution >= 4 is 0 Å². The van der Waals surface area contributed by atoms with E-state index >= 15 is 0 Å². The van der Waals surface area contributed by atoms with E-state index in [1.807, 2.05) is 0 Å². The molecule has 0 bridgehead atoms. The second-order valence-electron chi connectivity index (χ2n) is 5.32. The van der Waals surface area contributed by atoms with E-state index in [0.29, 0.717) is 0 Å². The standard InChI is InChI=1S/C12H22/c1-4-11-10(9(2)3)5-6-12(11)7-8-12/h9-11H,4-8H2,1-3H3. The summed E-state index contributed by atoms with van der Waals surface area (Å²) in [5.41, 5.74) is 0.865. The number of rotatable bonds is 2. The first kappa shape index (κ1) is 8.59. The first-order valence-corrected chi connectivity index (χ1v) is 5.69. The minimum Gasteiger partial charge on any atom is -0.0651 e. The maximum Gasteiger partial charge on any atom is -0.0266 e. The molecule has 2 atom stereocenters. The second kappa shape index (κ2) is 2.75. The van der Waals surface area contributed by atoms with Crippen molar-refractivity contribution in [3.05, 3.63) is 0 Å². The predicted molar refractivity (Wildman–Crippen MR) is 53.0 cm³/mol. The Balaban J connectivity index is 2.08. The predicted octanol–water partition coefficient (Wildman–Crippen LogP) is 3.86. The quantitative estimate of drug-likeness (QED) is 0.584. The zero-order valence-electron chi connectivity index (χ0n) is 8.77. The molecule has 0 heterocycles. The summed E-state index contributed by atoms with van der Waals surface area (Å²) in [6.07, 6.45) is 7.61. The van der Waals surface area contributed by atoms with Crippen LogP contribution in [0.4, 0.5) is 0 Å². The van der Waals surface area contributed by atoms with Gasteiger partial charge in [-0.2, -0.15) is 0 Å². The van der Waals surface area contributed by atoms with E-state index in [1.165, 1.54) is 12.8 Å². The van der Waals surface area contributed by atoms with Gasteiger partial charge in [-0.15, -0.1) is 0 Å². The Morgan fingerprint density at radius 3 is 2.33 bits per heavy atom. The SMILES string of the molecule is CCC1C(C(C)C)CCC12CC2. The molecule has 0 N–H and O–H groups in total. The van der Waals surface area contributed by atoms with Gasteiger partial charge in [0, 0.05) is 0 Å². The average molecular weight is 166 g/mol. The van der Waals surface area contributed by atoms with E-state index in [-0.39, 0.29) is 0 Å². The first-order chi connectivity index (χ1) is 5.69. The van der Waals surface area contributed by atoms with Crippen LogP contribution in [0.2, 0.25) is 0 Å². The number of hydrogen-bond donors (Lipinski definition) is 0. The van der Waals surface area contributed by atoms with Gasteiger partial charge in [0.15, 0.2) is 0 Å². The molecular weight excluding hydrogens is 144 g/mol. The van der Waals surface area contributed by atoms with Crippen LogP contribution in [-0.2, 0) is 0 Å². The summed E-state index contributed by atoms with van der Waals surface area (Å²) in [7, 11) is 0. The highest BCUT2D eigenvalue weighted by Crippen LogP contribution is 2.65. The molecule has 0 nitrogen and oxygen atoms in total. The fraction of sp³-hybridized carbons (Fsp3) is 1.00. The maximum absolute atomic E-state index is 2.41. The molecule has 1 spiro atoms. The maximum atomic E-state index is 2.41. The third-order valence-corrected chi connectivity index (χ3v) is 4.47. The Morgan fingerprint density at radius 1 is 1.25 bits per heavy atom. The van der Waals surface area contributed by atoms with Crippen molar-refractivity contribution in [2.75, 3.05) is 0 Å². The lowest BCUT2D eigenvalue weighted by Crippen LogP contribution is -2.19. The number of hydrogen-bond acceptors (Lipinski definition) is 0. The molecule has 0 amide bonds. The van der Waals surface area contributed by atoms with Gasteiger partial charge in [0.1, 0.15) is 0 Å². The van der Waals surface area contributed by atoms with E-state index in [4.69, 9.17) is 0 Å². The molecule has 70 valence electrons. The summed E-state index contributed by atoms with van der Waals surface area (Å²) in [5, 5.41) is 0. The molecule has 0 saturated heterocycles. The van der Waals surface area contributed by atoms with Crippen LogP contribution in [-0.4, -0.2) is 0 Å². The molecule has 0 aromatic rings. The normalized spacial score (nSPS) is 38.0. The van der Waals surface area contributed by atoms with Gasteiger partial charge in [0.05, 0.1) is 0 Å². The van der Waals surface area contributed by atoms with E-state index in [0.717, 1.165) is 23.2 Å². The lowest BCUT2D eigenvalue weighted by molar-refractivity contribution is 0.231. The van der Waals surface area contributed by atoms with Gasteiger partial charge in [-0.25, -0.2) is 0 Å². The molecule has 0 radical (unpaired) electrons. The first-order valence-electron chi connectivity index (χ1n) is 5.69. The molecule has 2 fully saturated rings. The smallest absolute Gasteiger partial charge is 0.0266 e. The zero-order valence-corrected chi connectivity index (χ0v) is 8.77. The summed E-state index contributed by atoms with van der Waals surface area (Å²) >= 11 is 0. The van der Waals surface area contributed by atoms with Crippen molar-refractivity contribution in [2.24, 2.45) is 23.2 Å². The molecule has 2 saturated carbocycles. The summed E-state index contributed by atoms with van der Waals surface area (Å²) in [6.45, 7) is 7.22. The van der Waals surface area contributed by atoms with E-state index in [9.17, 15) is 0 Å². The summed E-state index contributed by atoms with van der Waals surface area (Å²) in [5.74, 6) is 3.06. The van der Waals surface area contributed by atoms with Gasteiger partial charge in [-0.3, -0.25) is 0 Å². The molecule has 0 heteroatoms. The molecule has 12 heavy (non-hydrogen) atoms. The molecule has 2 unspecified atom stereocenters. The minimum absolute atomic E-state index is 0.865. The van der Waals surface area contributed by atoms with Crippen LogP contribution >= 0.6 is 0 Å². The molecule has 0 aliphatic heterocycles. The molecule has 2 aliphatic carbocycles.